The summed E-state index contributed by atoms with van der Waals surface area (Å²) in [5, 5.41) is 7.60. The first-order valence-electron chi connectivity index (χ1n) is 11.6. The Morgan fingerprint density at radius 1 is 1.03 bits per heavy atom. The van der Waals surface area contributed by atoms with Crippen LogP contribution in [0.4, 0.5) is 0 Å². The minimum atomic E-state index is 0.871. The third-order valence-electron chi connectivity index (χ3n) is 5.91. The summed E-state index contributed by atoms with van der Waals surface area (Å²) < 4.78 is 5.19. The molecule has 0 amide bonds. The number of piperazine rings is 1. The van der Waals surface area contributed by atoms with E-state index in [4.69, 9.17) is 9.52 Å². The van der Waals surface area contributed by atoms with Gasteiger partial charge in [-0.3, -0.25) is 9.89 Å². The van der Waals surface area contributed by atoms with Crippen molar-refractivity contribution in [3.05, 3.63) is 17.5 Å². The molecule has 29 heavy (non-hydrogen) atoms. The Kier molecular flexibility index (Phi) is 9.28. The summed E-state index contributed by atoms with van der Waals surface area (Å²) in [6, 6.07) is 2.03. The highest BCUT2D eigenvalue weighted by Gasteiger charge is 2.20. The number of aryl methyl sites for hydroxylation is 1. The lowest BCUT2D eigenvalue weighted by Gasteiger charge is -2.36. The molecule has 2 saturated heterocycles. The molecule has 2 aliphatic rings. The van der Waals surface area contributed by atoms with Crippen molar-refractivity contribution in [2.24, 2.45) is 4.99 Å². The van der Waals surface area contributed by atoms with Crippen molar-refractivity contribution in [1.29, 1.82) is 0 Å². The fourth-order valence-electron chi connectivity index (χ4n) is 4.26. The number of guanidine groups is 1. The van der Waals surface area contributed by atoms with Gasteiger partial charge < -0.3 is 19.6 Å². The molecule has 0 spiro atoms. The second kappa shape index (κ2) is 12.2. The Labute approximate surface area is 176 Å². The van der Waals surface area contributed by atoms with Crippen LogP contribution in [0.3, 0.4) is 0 Å². The lowest BCUT2D eigenvalue weighted by atomic mass is 10.1. The highest BCUT2D eigenvalue weighted by Crippen LogP contribution is 2.11. The van der Waals surface area contributed by atoms with E-state index in [1.54, 1.807) is 0 Å². The zero-order chi connectivity index (χ0) is 20.3. The van der Waals surface area contributed by atoms with Crippen molar-refractivity contribution in [3.63, 3.8) is 0 Å². The molecular formula is C22H40N6O. The lowest BCUT2D eigenvalue weighted by molar-refractivity contribution is 0.169. The molecule has 0 aromatic carbocycles. The summed E-state index contributed by atoms with van der Waals surface area (Å²) >= 11 is 0. The van der Waals surface area contributed by atoms with Crippen molar-refractivity contribution in [2.75, 3.05) is 58.9 Å². The number of hydrogen-bond acceptors (Lipinski definition) is 5. The number of aromatic nitrogens is 1. The van der Waals surface area contributed by atoms with Crippen LogP contribution in [0.15, 0.2) is 15.6 Å². The minimum absolute atomic E-state index is 0.871. The van der Waals surface area contributed by atoms with Crippen LogP contribution in [-0.2, 0) is 6.54 Å². The van der Waals surface area contributed by atoms with Crippen LogP contribution in [0.5, 0.6) is 0 Å². The number of rotatable bonds is 9. The molecule has 7 heteroatoms. The van der Waals surface area contributed by atoms with Crippen molar-refractivity contribution in [1.82, 2.24) is 25.2 Å². The van der Waals surface area contributed by atoms with Crippen LogP contribution >= 0.6 is 0 Å². The quantitative estimate of drug-likeness (QED) is 0.388. The van der Waals surface area contributed by atoms with Gasteiger partial charge in [-0.15, -0.1) is 0 Å². The Morgan fingerprint density at radius 2 is 1.83 bits per heavy atom. The lowest BCUT2D eigenvalue weighted by Crippen LogP contribution is -2.52. The van der Waals surface area contributed by atoms with Crippen molar-refractivity contribution < 1.29 is 4.52 Å². The van der Waals surface area contributed by atoms with Gasteiger partial charge in [-0.05, 0) is 59.2 Å². The first-order chi connectivity index (χ1) is 14.2. The van der Waals surface area contributed by atoms with Crippen LogP contribution in [0.2, 0.25) is 0 Å². The number of aliphatic imine (C=N–C) groups is 1. The molecule has 3 rings (SSSR count). The van der Waals surface area contributed by atoms with Crippen molar-refractivity contribution in [2.45, 2.75) is 58.9 Å². The average molecular weight is 405 g/mol. The molecule has 0 aliphatic carbocycles. The highest BCUT2D eigenvalue weighted by molar-refractivity contribution is 5.80. The van der Waals surface area contributed by atoms with Gasteiger partial charge in [0, 0.05) is 51.9 Å². The van der Waals surface area contributed by atoms with Gasteiger partial charge in [0.05, 0.1) is 5.69 Å². The van der Waals surface area contributed by atoms with E-state index in [1.807, 2.05) is 13.0 Å². The van der Waals surface area contributed by atoms with Gasteiger partial charge in [-0.1, -0.05) is 18.0 Å². The molecule has 1 N–H and O–H groups in total. The average Bonchev–Trinajstić information content (AvgIpc) is 3.15. The van der Waals surface area contributed by atoms with Gasteiger partial charge in [0.2, 0.25) is 0 Å². The van der Waals surface area contributed by atoms with Crippen LogP contribution in [-0.4, -0.2) is 84.7 Å². The summed E-state index contributed by atoms with van der Waals surface area (Å²) in [7, 11) is 0. The van der Waals surface area contributed by atoms with E-state index < -0.39 is 0 Å². The smallest absolute Gasteiger partial charge is 0.194 e. The zero-order valence-corrected chi connectivity index (χ0v) is 18.5. The number of nitrogens with one attached hydrogen (secondary N) is 1. The molecule has 1 aromatic heterocycles. The fourth-order valence-corrected chi connectivity index (χ4v) is 4.26. The standard InChI is InChI=1S/C22H40N6O/c1-3-23-22(24-10-6-4-7-11-26-12-8-5-9-13-26)28-16-14-27(15-17-28)19-21-18-20(2)29-25-21/h18H,3-17,19H2,1-2H3,(H,23,24). The summed E-state index contributed by atoms with van der Waals surface area (Å²) in [5.74, 6) is 1.97. The number of likely N-dealkylation sites (tertiary alicyclic amines) is 1. The first-order valence-corrected chi connectivity index (χ1v) is 11.6. The van der Waals surface area contributed by atoms with E-state index >= 15 is 0 Å². The molecule has 2 fully saturated rings. The monoisotopic (exact) mass is 404 g/mol. The molecule has 3 heterocycles. The maximum atomic E-state index is 5.19. The Hall–Kier alpha value is -1.60. The summed E-state index contributed by atoms with van der Waals surface area (Å²) in [6.45, 7) is 14.8. The maximum absolute atomic E-state index is 5.19. The topological polar surface area (TPSA) is 60.1 Å². The Morgan fingerprint density at radius 3 is 2.52 bits per heavy atom. The van der Waals surface area contributed by atoms with E-state index in [9.17, 15) is 0 Å². The van der Waals surface area contributed by atoms with Crippen LogP contribution in [0.25, 0.3) is 0 Å². The van der Waals surface area contributed by atoms with Crippen LogP contribution < -0.4 is 5.32 Å². The largest absolute Gasteiger partial charge is 0.361 e. The normalized spacial score (nSPS) is 19.7. The zero-order valence-electron chi connectivity index (χ0n) is 18.5. The molecule has 7 nitrogen and oxygen atoms in total. The molecule has 0 radical (unpaired) electrons. The molecule has 164 valence electrons. The number of piperidine rings is 1. The number of hydrogen-bond donors (Lipinski definition) is 1. The maximum Gasteiger partial charge on any atom is 0.194 e. The third kappa shape index (κ3) is 7.63. The van der Waals surface area contributed by atoms with E-state index in [0.717, 1.165) is 63.2 Å². The van der Waals surface area contributed by atoms with E-state index in [-0.39, 0.29) is 0 Å². The van der Waals surface area contributed by atoms with Gasteiger partial charge in [0.15, 0.2) is 5.96 Å². The van der Waals surface area contributed by atoms with E-state index in [1.165, 1.54) is 58.2 Å². The summed E-state index contributed by atoms with van der Waals surface area (Å²) in [5.41, 5.74) is 1.03. The summed E-state index contributed by atoms with van der Waals surface area (Å²) in [6.07, 6.45) is 7.99. The second-order valence-corrected chi connectivity index (χ2v) is 8.39. The molecule has 0 unspecified atom stereocenters. The Bertz CT molecular complexity index is 602. The molecule has 2 aliphatic heterocycles. The third-order valence-corrected chi connectivity index (χ3v) is 5.91. The highest BCUT2D eigenvalue weighted by atomic mass is 16.5. The van der Waals surface area contributed by atoms with Gasteiger partial charge >= 0.3 is 0 Å². The first kappa shape index (κ1) is 22.1. The van der Waals surface area contributed by atoms with Crippen LogP contribution in [0.1, 0.15) is 56.9 Å². The Balaban J connectivity index is 1.34. The van der Waals surface area contributed by atoms with Crippen molar-refractivity contribution in [3.8, 4) is 0 Å². The predicted octanol–water partition coefficient (Wildman–Crippen LogP) is 2.72. The molecular weight excluding hydrogens is 364 g/mol. The summed E-state index contributed by atoms with van der Waals surface area (Å²) in [4.78, 5) is 12.4. The van der Waals surface area contributed by atoms with Gasteiger partial charge in [0.25, 0.3) is 0 Å². The fraction of sp³-hybridized carbons (Fsp3) is 0.818. The molecule has 0 saturated carbocycles. The minimum Gasteiger partial charge on any atom is -0.361 e. The molecule has 0 bridgehead atoms. The van der Waals surface area contributed by atoms with E-state index in [2.05, 4.69) is 32.1 Å². The van der Waals surface area contributed by atoms with Crippen molar-refractivity contribution >= 4 is 5.96 Å². The number of nitrogens with zero attached hydrogens (tertiary/aromatic N) is 5. The SMILES string of the molecule is CCNC(=NCCCCCN1CCCCC1)N1CCN(Cc2cc(C)on2)CC1. The molecule has 1 aromatic rings. The van der Waals surface area contributed by atoms with Gasteiger partial charge in [0.1, 0.15) is 5.76 Å². The molecule has 0 atom stereocenters. The van der Waals surface area contributed by atoms with Gasteiger partial charge in [-0.25, -0.2) is 0 Å². The number of unbranched alkanes of at least 4 members (excludes halogenated alkanes) is 2. The predicted molar refractivity (Wildman–Crippen MR) is 118 cm³/mol. The second-order valence-electron chi connectivity index (χ2n) is 8.39. The van der Waals surface area contributed by atoms with E-state index in [0.29, 0.717) is 0 Å². The van der Waals surface area contributed by atoms with Gasteiger partial charge in [-0.2, -0.15) is 0 Å². The van der Waals surface area contributed by atoms with Crippen LogP contribution in [0, 0.1) is 6.92 Å².